The molecule has 0 radical (unpaired) electrons. The largest absolute Gasteiger partial charge is 0.368 e. The van der Waals surface area contributed by atoms with Gasteiger partial charge in [-0.2, -0.15) is 0 Å². The van der Waals surface area contributed by atoms with E-state index in [1.807, 2.05) is 4.90 Å². The number of anilines is 1. The third-order valence-corrected chi connectivity index (χ3v) is 2.83. The maximum absolute atomic E-state index is 10.6. The Kier molecular flexibility index (Phi) is 5.82. The first kappa shape index (κ1) is 14.4. The van der Waals surface area contributed by atoms with E-state index < -0.39 is 4.92 Å². The van der Waals surface area contributed by atoms with Crippen molar-refractivity contribution in [2.75, 3.05) is 29.7 Å². The molecule has 0 N–H and O–H groups in total. The van der Waals surface area contributed by atoms with E-state index in [9.17, 15) is 10.1 Å². The lowest BCUT2D eigenvalue weighted by molar-refractivity contribution is -0.384. The van der Waals surface area contributed by atoms with E-state index in [2.05, 4.69) is 0 Å². The monoisotopic (exact) mass is 296 g/mol. The highest BCUT2D eigenvalue weighted by atomic mass is 35.5. The van der Waals surface area contributed by atoms with Crippen LogP contribution in [0.1, 0.15) is 0 Å². The molecule has 4 nitrogen and oxygen atoms in total. The van der Waals surface area contributed by atoms with Gasteiger partial charge in [-0.1, -0.05) is 11.6 Å². The number of hydrogen-bond donors (Lipinski definition) is 0. The fourth-order valence-electron chi connectivity index (χ4n) is 1.42. The number of nitro benzene ring substituents is 1. The van der Waals surface area contributed by atoms with Gasteiger partial charge in [0.1, 0.15) is 0 Å². The highest BCUT2D eigenvalue weighted by molar-refractivity contribution is 6.33. The molecule has 1 aromatic carbocycles. The fourth-order valence-corrected chi connectivity index (χ4v) is 2.12. The van der Waals surface area contributed by atoms with Crippen LogP contribution in [0.2, 0.25) is 5.02 Å². The first-order valence-electron chi connectivity index (χ1n) is 4.91. The van der Waals surface area contributed by atoms with Crippen molar-refractivity contribution in [3.63, 3.8) is 0 Å². The van der Waals surface area contributed by atoms with Crippen molar-refractivity contribution in [2.45, 2.75) is 0 Å². The van der Waals surface area contributed by atoms with Crippen LogP contribution in [0.3, 0.4) is 0 Å². The average molecular weight is 298 g/mol. The number of non-ortho nitro benzene ring substituents is 1. The van der Waals surface area contributed by atoms with Crippen molar-refractivity contribution >= 4 is 46.2 Å². The van der Waals surface area contributed by atoms with E-state index in [4.69, 9.17) is 34.8 Å². The van der Waals surface area contributed by atoms with Crippen LogP contribution in [-0.4, -0.2) is 29.8 Å². The Hall–Kier alpha value is -0.710. The maximum Gasteiger partial charge on any atom is 0.271 e. The molecule has 0 unspecified atom stereocenters. The van der Waals surface area contributed by atoms with Crippen LogP contribution in [0.15, 0.2) is 18.2 Å². The number of rotatable bonds is 6. The molecule has 0 heterocycles. The van der Waals surface area contributed by atoms with Gasteiger partial charge in [-0.05, 0) is 6.07 Å². The summed E-state index contributed by atoms with van der Waals surface area (Å²) in [4.78, 5) is 12.0. The van der Waals surface area contributed by atoms with Gasteiger partial charge in [0.25, 0.3) is 5.69 Å². The quantitative estimate of drug-likeness (QED) is 0.458. The second-order valence-corrected chi connectivity index (χ2v) is 4.42. The predicted octanol–water partition coefficient (Wildman–Crippen LogP) is 3.53. The summed E-state index contributed by atoms with van der Waals surface area (Å²) >= 11 is 17.4. The minimum absolute atomic E-state index is 0.0320. The summed E-state index contributed by atoms with van der Waals surface area (Å²) < 4.78 is 0. The van der Waals surface area contributed by atoms with E-state index in [0.29, 0.717) is 35.6 Å². The molecule has 0 aliphatic heterocycles. The van der Waals surface area contributed by atoms with Crippen molar-refractivity contribution < 1.29 is 4.92 Å². The Morgan fingerprint density at radius 3 is 2.24 bits per heavy atom. The number of alkyl halides is 2. The van der Waals surface area contributed by atoms with Crippen molar-refractivity contribution in [2.24, 2.45) is 0 Å². The predicted molar refractivity (Wildman–Crippen MR) is 71.8 cm³/mol. The smallest absolute Gasteiger partial charge is 0.271 e. The van der Waals surface area contributed by atoms with Crippen molar-refractivity contribution in [3.8, 4) is 0 Å². The molecule has 0 fully saturated rings. The lowest BCUT2D eigenvalue weighted by Crippen LogP contribution is -2.27. The number of hydrogen-bond acceptors (Lipinski definition) is 3. The minimum Gasteiger partial charge on any atom is -0.368 e. The summed E-state index contributed by atoms with van der Waals surface area (Å²) in [6, 6.07) is 4.35. The second kappa shape index (κ2) is 6.89. The van der Waals surface area contributed by atoms with E-state index >= 15 is 0 Å². The summed E-state index contributed by atoms with van der Waals surface area (Å²) in [5, 5.41) is 10.9. The average Bonchev–Trinajstić information content (AvgIpc) is 2.28. The highest BCUT2D eigenvalue weighted by Crippen LogP contribution is 2.29. The van der Waals surface area contributed by atoms with E-state index in [0.717, 1.165) is 0 Å². The van der Waals surface area contributed by atoms with E-state index in [-0.39, 0.29) is 5.69 Å². The summed E-state index contributed by atoms with van der Waals surface area (Å²) in [5.41, 5.74) is 0.675. The van der Waals surface area contributed by atoms with Crippen molar-refractivity contribution in [1.82, 2.24) is 0 Å². The molecule has 0 aromatic heterocycles. The SMILES string of the molecule is O=[N+]([O-])c1ccc(N(CCCl)CCCl)c(Cl)c1. The molecule has 1 rings (SSSR count). The van der Waals surface area contributed by atoms with Gasteiger partial charge in [-0.15, -0.1) is 23.2 Å². The molecule has 0 saturated carbocycles. The van der Waals surface area contributed by atoms with Gasteiger partial charge in [0.05, 0.1) is 15.6 Å². The number of halogens is 3. The Morgan fingerprint density at radius 2 is 1.82 bits per heavy atom. The van der Waals surface area contributed by atoms with Crippen LogP contribution >= 0.6 is 34.8 Å². The summed E-state index contributed by atoms with van der Waals surface area (Å²) in [6.07, 6.45) is 0. The third-order valence-electron chi connectivity index (χ3n) is 2.19. The molecule has 0 aliphatic rings. The molecule has 94 valence electrons. The number of nitro groups is 1. The van der Waals surface area contributed by atoms with Gasteiger partial charge < -0.3 is 4.90 Å². The first-order valence-corrected chi connectivity index (χ1v) is 6.35. The molecule has 0 atom stereocenters. The molecular formula is C10H11Cl3N2O2. The molecule has 0 saturated heterocycles. The van der Waals surface area contributed by atoms with Gasteiger partial charge in [-0.3, -0.25) is 10.1 Å². The molecular weight excluding hydrogens is 286 g/mol. The number of nitrogens with zero attached hydrogens (tertiary/aromatic N) is 2. The van der Waals surface area contributed by atoms with Gasteiger partial charge in [0, 0.05) is 37.0 Å². The van der Waals surface area contributed by atoms with Gasteiger partial charge in [0.15, 0.2) is 0 Å². The molecule has 17 heavy (non-hydrogen) atoms. The molecule has 0 aliphatic carbocycles. The molecule has 0 spiro atoms. The van der Waals surface area contributed by atoms with Crippen molar-refractivity contribution in [1.29, 1.82) is 0 Å². The van der Waals surface area contributed by atoms with Crippen LogP contribution in [0.4, 0.5) is 11.4 Å². The maximum atomic E-state index is 10.6. The first-order chi connectivity index (χ1) is 8.10. The lowest BCUT2D eigenvalue weighted by Gasteiger charge is -2.23. The Bertz CT molecular complexity index is 395. The lowest BCUT2D eigenvalue weighted by atomic mass is 10.2. The minimum atomic E-state index is -0.483. The zero-order valence-corrected chi connectivity index (χ0v) is 11.2. The van der Waals surface area contributed by atoms with Crippen LogP contribution in [0, 0.1) is 10.1 Å². The molecule has 0 amide bonds. The molecule has 0 bridgehead atoms. The van der Waals surface area contributed by atoms with Gasteiger partial charge >= 0.3 is 0 Å². The Labute approximate surface area is 114 Å². The van der Waals surface area contributed by atoms with Crippen LogP contribution < -0.4 is 4.90 Å². The van der Waals surface area contributed by atoms with Crippen LogP contribution in [-0.2, 0) is 0 Å². The molecule has 7 heteroatoms. The highest BCUT2D eigenvalue weighted by Gasteiger charge is 2.13. The van der Waals surface area contributed by atoms with Gasteiger partial charge in [0.2, 0.25) is 0 Å². The summed E-state index contributed by atoms with van der Waals surface area (Å²) in [7, 11) is 0. The van der Waals surface area contributed by atoms with E-state index in [1.165, 1.54) is 12.1 Å². The Balaban J connectivity index is 2.99. The number of benzene rings is 1. The topological polar surface area (TPSA) is 46.4 Å². The van der Waals surface area contributed by atoms with Gasteiger partial charge in [-0.25, -0.2) is 0 Å². The van der Waals surface area contributed by atoms with Crippen LogP contribution in [0.25, 0.3) is 0 Å². The summed E-state index contributed by atoms with van der Waals surface area (Å²) in [6.45, 7) is 1.18. The van der Waals surface area contributed by atoms with Crippen molar-refractivity contribution in [3.05, 3.63) is 33.3 Å². The van der Waals surface area contributed by atoms with E-state index in [1.54, 1.807) is 6.07 Å². The fraction of sp³-hybridized carbons (Fsp3) is 0.400. The summed E-state index contributed by atoms with van der Waals surface area (Å²) in [5.74, 6) is 0.869. The Morgan fingerprint density at radius 1 is 1.24 bits per heavy atom. The third kappa shape index (κ3) is 3.91. The zero-order valence-electron chi connectivity index (χ0n) is 8.91. The zero-order chi connectivity index (χ0) is 12.8. The normalized spacial score (nSPS) is 10.3. The van der Waals surface area contributed by atoms with Crippen LogP contribution in [0.5, 0.6) is 0 Å². The second-order valence-electron chi connectivity index (χ2n) is 3.26. The molecule has 1 aromatic rings. The standard InChI is InChI=1S/C10H11Cl3N2O2/c11-3-5-14(6-4-12)10-2-1-8(15(16)17)7-9(10)13/h1-2,7H,3-6H2.